The van der Waals surface area contributed by atoms with Crippen LogP contribution < -0.4 is 0 Å². The Kier molecular flexibility index (Phi) is 5.81. The molecular formula is C14H24N2O5. The van der Waals surface area contributed by atoms with Crippen molar-refractivity contribution in [3.63, 3.8) is 0 Å². The molecule has 0 bridgehead atoms. The van der Waals surface area contributed by atoms with Gasteiger partial charge in [-0.2, -0.15) is 0 Å². The summed E-state index contributed by atoms with van der Waals surface area (Å²) in [5.41, 5.74) is 0. The topological polar surface area (TPSA) is 90.3 Å². The molecule has 2 saturated heterocycles. The molecule has 0 aliphatic carbocycles. The van der Waals surface area contributed by atoms with Crippen LogP contribution in [0, 0.1) is 0 Å². The van der Waals surface area contributed by atoms with E-state index in [0.29, 0.717) is 26.1 Å². The van der Waals surface area contributed by atoms with Gasteiger partial charge in [0.1, 0.15) is 0 Å². The molecule has 7 heteroatoms. The molecule has 2 heterocycles. The number of aliphatic carboxylic acids is 1. The number of amides is 2. The fourth-order valence-electron chi connectivity index (χ4n) is 3.16. The summed E-state index contributed by atoms with van der Waals surface area (Å²) in [6.07, 6.45) is 3.34. The van der Waals surface area contributed by atoms with Gasteiger partial charge in [-0.05, 0) is 25.7 Å². The molecule has 2 unspecified atom stereocenters. The Morgan fingerprint density at radius 1 is 1.19 bits per heavy atom. The van der Waals surface area contributed by atoms with Crippen molar-refractivity contribution in [1.29, 1.82) is 0 Å². The third-order valence-electron chi connectivity index (χ3n) is 4.20. The number of carbonyl (C=O) groups excluding carboxylic acids is 1. The van der Waals surface area contributed by atoms with Crippen LogP contribution in [-0.2, 0) is 9.53 Å². The SMILES string of the molecule is O=C(O)CC1COCCN1C(=O)N1CCCC1CCCO. The van der Waals surface area contributed by atoms with Crippen molar-refractivity contribution in [3.8, 4) is 0 Å². The number of urea groups is 1. The first-order valence-electron chi connectivity index (χ1n) is 7.61. The van der Waals surface area contributed by atoms with Gasteiger partial charge in [0.2, 0.25) is 0 Å². The van der Waals surface area contributed by atoms with Gasteiger partial charge >= 0.3 is 12.0 Å². The Labute approximate surface area is 124 Å². The van der Waals surface area contributed by atoms with E-state index in [0.717, 1.165) is 19.3 Å². The molecular weight excluding hydrogens is 276 g/mol. The number of aliphatic hydroxyl groups excluding tert-OH is 1. The van der Waals surface area contributed by atoms with E-state index in [-0.39, 0.29) is 37.7 Å². The monoisotopic (exact) mass is 300 g/mol. The fourth-order valence-corrected chi connectivity index (χ4v) is 3.16. The summed E-state index contributed by atoms with van der Waals surface area (Å²) in [7, 11) is 0. The molecule has 2 atom stereocenters. The molecule has 7 nitrogen and oxygen atoms in total. The third-order valence-corrected chi connectivity index (χ3v) is 4.20. The predicted octanol–water partition coefficient (Wildman–Crippen LogP) is 0.519. The zero-order valence-electron chi connectivity index (χ0n) is 12.2. The quantitative estimate of drug-likeness (QED) is 0.772. The molecule has 2 aliphatic heterocycles. The Bertz CT molecular complexity index is 376. The van der Waals surface area contributed by atoms with Gasteiger partial charge < -0.3 is 24.7 Å². The first kappa shape index (κ1) is 16.0. The van der Waals surface area contributed by atoms with Crippen molar-refractivity contribution in [2.75, 3.05) is 32.9 Å². The van der Waals surface area contributed by atoms with Crippen molar-refractivity contribution in [2.45, 2.75) is 44.2 Å². The van der Waals surface area contributed by atoms with Crippen LogP contribution in [-0.4, -0.2) is 77.0 Å². The molecule has 21 heavy (non-hydrogen) atoms. The number of rotatable bonds is 5. The van der Waals surface area contributed by atoms with E-state index in [9.17, 15) is 9.59 Å². The first-order valence-corrected chi connectivity index (χ1v) is 7.61. The highest BCUT2D eigenvalue weighted by atomic mass is 16.5. The van der Waals surface area contributed by atoms with E-state index in [1.54, 1.807) is 4.90 Å². The number of nitrogens with zero attached hydrogens (tertiary/aromatic N) is 2. The molecule has 120 valence electrons. The molecule has 0 saturated carbocycles. The van der Waals surface area contributed by atoms with Crippen molar-refractivity contribution in [1.82, 2.24) is 9.80 Å². The predicted molar refractivity (Wildman–Crippen MR) is 75.0 cm³/mol. The maximum atomic E-state index is 12.7. The Morgan fingerprint density at radius 2 is 1.95 bits per heavy atom. The number of likely N-dealkylation sites (tertiary alicyclic amines) is 1. The minimum absolute atomic E-state index is 0.0787. The molecule has 2 aliphatic rings. The lowest BCUT2D eigenvalue weighted by Gasteiger charge is -2.39. The van der Waals surface area contributed by atoms with E-state index in [4.69, 9.17) is 14.9 Å². The van der Waals surface area contributed by atoms with E-state index >= 15 is 0 Å². The highest BCUT2D eigenvalue weighted by Crippen LogP contribution is 2.24. The molecule has 0 spiro atoms. The Morgan fingerprint density at radius 3 is 2.67 bits per heavy atom. The number of carbonyl (C=O) groups is 2. The molecule has 0 aromatic rings. The molecule has 2 N–H and O–H groups in total. The smallest absolute Gasteiger partial charge is 0.320 e. The summed E-state index contributed by atoms with van der Waals surface area (Å²) in [6.45, 7) is 2.04. The zero-order chi connectivity index (χ0) is 15.2. The van der Waals surface area contributed by atoms with Crippen LogP contribution in [0.25, 0.3) is 0 Å². The lowest BCUT2D eigenvalue weighted by molar-refractivity contribution is -0.139. The Hall–Kier alpha value is -1.34. The third kappa shape index (κ3) is 4.07. The number of carboxylic acid groups (broad SMARTS) is 1. The number of ether oxygens (including phenoxy) is 1. The van der Waals surface area contributed by atoms with Crippen LogP contribution in [0.5, 0.6) is 0 Å². The normalized spacial score (nSPS) is 26.1. The second-order valence-electron chi connectivity index (χ2n) is 5.66. The van der Waals surface area contributed by atoms with Crippen molar-refractivity contribution in [2.24, 2.45) is 0 Å². The number of carboxylic acids is 1. The van der Waals surface area contributed by atoms with Gasteiger partial charge in [0, 0.05) is 25.7 Å². The zero-order valence-corrected chi connectivity index (χ0v) is 12.2. The molecule has 0 aromatic carbocycles. The summed E-state index contributed by atoms with van der Waals surface area (Å²) in [5, 5.41) is 17.9. The Balaban J connectivity index is 2.00. The fraction of sp³-hybridized carbons (Fsp3) is 0.857. The van der Waals surface area contributed by atoms with E-state index in [2.05, 4.69) is 0 Å². The van der Waals surface area contributed by atoms with E-state index in [1.165, 1.54) is 0 Å². The molecule has 0 radical (unpaired) electrons. The van der Waals surface area contributed by atoms with Crippen LogP contribution in [0.1, 0.15) is 32.1 Å². The number of morpholine rings is 1. The van der Waals surface area contributed by atoms with Gasteiger partial charge in [-0.3, -0.25) is 4.79 Å². The lowest BCUT2D eigenvalue weighted by atomic mass is 10.1. The second kappa shape index (κ2) is 7.61. The molecule has 2 rings (SSSR count). The van der Waals surface area contributed by atoms with Crippen LogP contribution in [0.2, 0.25) is 0 Å². The van der Waals surface area contributed by atoms with Crippen LogP contribution in [0.3, 0.4) is 0 Å². The second-order valence-corrected chi connectivity index (χ2v) is 5.66. The average Bonchev–Trinajstić information content (AvgIpc) is 2.92. The largest absolute Gasteiger partial charge is 0.481 e. The summed E-state index contributed by atoms with van der Waals surface area (Å²) in [6, 6.07) is -0.300. The standard InChI is InChI=1S/C14H24N2O5/c17-7-2-4-11-3-1-5-15(11)14(20)16-6-8-21-10-12(16)9-13(18)19/h11-12,17H,1-10H2,(H,18,19). The van der Waals surface area contributed by atoms with Crippen molar-refractivity contribution < 1.29 is 24.5 Å². The summed E-state index contributed by atoms with van der Waals surface area (Å²) >= 11 is 0. The van der Waals surface area contributed by atoms with Gasteiger partial charge in [-0.25, -0.2) is 4.79 Å². The minimum atomic E-state index is -0.915. The van der Waals surface area contributed by atoms with E-state index < -0.39 is 5.97 Å². The highest BCUT2D eigenvalue weighted by molar-refractivity contribution is 5.77. The van der Waals surface area contributed by atoms with Gasteiger partial charge in [0.05, 0.1) is 25.7 Å². The maximum Gasteiger partial charge on any atom is 0.320 e. The van der Waals surface area contributed by atoms with Crippen molar-refractivity contribution in [3.05, 3.63) is 0 Å². The van der Waals surface area contributed by atoms with Gasteiger partial charge in [-0.15, -0.1) is 0 Å². The van der Waals surface area contributed by atoms with Crippen molar-refractivity contribution >= 4 is 12.0 Å². The number of aliphatic hydroxyl groups is 1. The summed E-state index contributed by atoms with van der Waals surface area (Å²) in [4.78, 5) is 27.1. The van der Waals surface area contributed by atoms with Crippen LogP contribution in [0.4, 0.5) is 4.79 Å². The van der Waals surface area contributed by atoms with Crippen LogP contribution >= 0.6 is 0 Å². The summed E-state index contributed by atoms with van der Waals surface area (Å²) in [5.74, 6) is -0.915. The van der Waals surface area contributed by atoms with Gasteiger partial charge in [0.15, 0.2) is 0 Å². The van der Waals surface area contributed by atoms with Gasteiger partial charge in [-0.1, -0.05) is 0 Å². The molecule has 2 amide bonds. The van der Waals surface area contributed by atoms with Gasteiger partial charge in [0.25, 0.3) is 0 Å². The highest BCUT2D eigenvalue weighted by Gasteiger charge is 2.36. The van der Waals surface area contributed by atoms with Crippen LogP contribution in [0.15, 0.2) is 0 Å². The average molecular weight is 300 g/mol. The molecule has 2 fully saturated rings. The minimum Gasteiger partial charge on any atom is -0.481 e. The maximum absolute atomic E-state index is 12.7. The van der Waals surface area contributed by atoms with E-state index in [1.807, 2.05) is 4.90 Å². The number of hydrogen-bond donors (Lipinski definition) is 2. The lowest BCUT2D eigenvalue weighted by Crippen LogP contribution is -2.55. The molecule has 0 aromatic heterocycles. The summed E-state index contributed by atoms with van der Waals surface area (Å²) < 4.78 is 5.31. The number of hydrogen-bond acceptors (Lipinski definition) is 4. The first-order chi connectivity index (χ1) is 10.1.